The van der Waals surface area contributed by atoms with Crippen LogP contribution in [0.25, 0.3) is 16.6 Å². The number of carbonyl (C=O) groups excluding carboxylic acids is 1. The summed E-state index contributed by atoms with van der Waals surface area (Å²) in [7, 11) is 0. The number of thioether (sulfide) groups is 1. The van der Waals surface area contributed by atoms with Crippen molar-refractivity contribution in [3.8, 4) is 5.69 Å². The molecule has 1 amide bonds. The maximum Gasteiger partial charge on any atom is 0.266 e. The van der Waals surface area contributed by atoms with Gasteiger partial charge in [-0.05, 0) is 82.3 Å². The number of para-hydroxylation sites is 1. The summed E-state index contributed by atoms with van der Waals surface area (Å²) in [5.41, 5.74) is 3.50. The van der Waals surface area contributed by atoms with E-state index in [1.165, 1.54) is 11.8 Å². The molecule has 1 saturated heterocycles. The largest absolute Gasteiger partial charge is 0.337 e. The van der Waals surface area contributed by atoms with Crippen molar-refractivity contribution >= 4 is 28.6 Å². The normalized spacial score (nSPS) is 19.0. The Morgan fingerprint density at radius 3 is 2.39 bits per heavy atom. The van der Waals surface area contributed by atoms with Gasteiger partial charge in [-0.15, -0.1) is 0 Å². The first-order chi connectivity index (χ1) is 14.8. The van der Waals surface area contributed by atoms with Crippen LogP contribution in [-0.4, -0.2) is 38.2 Å². The lowest BCUT2D eigenvalue weighted by Gasteiger charge is -2.39. The maximum atomic E-state index is 13.4. The molecule has 1 aliphatic heterocycles. The molecule has 0 spiro atoms. The number of rotatable bonds is 4. The molecule has 162 valence electrons. The molecule has 6 heteroatoms. The molecule has 2 unspecified atom stereocenters. The SMILES string of the molecule is Cc1cc(C)cc(-n2c(SCC(=O)N3C(C)CCCC3C)nc3ccccc3c2=O)c1. The zero-order valence-electron chi connectivity index (χ0n) is 18.6. The van der Waals surface area contributed by atoms with Crippen molar-refractivity contribution in [2.24, 2.45) is 0 Å². The van der Waals surface area contributed by atoms with Crippen LogP contribution in [0.5, 0.6) is 0 Å². The van der Waals surface area contributed by atoms with Gasteiger partial charge in [-0.1, -0.05) is 30.0 Å². The van der Waals surface area contributed by atoms with E-state index >= 15 is 0 Å². The number of aromatic nitrogens is 2. The van der Waals surface area contributed by atoms with E-state index in [9.17, 15) is 9.59 Å². The van der Waals surface area contributed by atoms with Crippen molar-refractivity contribution in [1.29, 1.82) is 0 Å². The first kappa shape index (κ1) is 21.6. The Bertz CT molecular complexity index is 1160. The summed E-state index contributed by atoms with van der Waals surface area (Å²) in [5, 5.41) is 1.13. The summed E-state index contributed by atoms with van der Waals surface area (Å²) in [6, 6.07) is 14.0. The van der Waals surface area contributed by atoms with Crippen molar-refractivity contribution in [2.45, 2.75) is 64.2 Å². The number of amides is 1. The van der Waals surface area contributed by atoms with Crippen LogP contribution in [0, 0.1) is 13.8 Å². The van der Waals surface area contributed by atoms with Gasteiger partial charge < -0.3 is 4.90 Å². The van der Waals surface area contributed by atoms with Crippen molar-refractivity contribution in [2.75, 3.05) is 5.75 Å². The molecular weight excluding hydrogens is 406 g/mol. The van der Waals surface area contributed by atoms with E-state index in [0.717, 1.165) is 36.1 Å². The molecule has 0 saturated carbocycles. The van der Waals surface area contributed by atoms with E-state index in [1.54, 1.807) is 10.6 Å². The zero-order valence-corrected chi connectivity index (χ0v) is 19.4. The fraction of sp³-hybridized carbons (Fsp3) is 0.400. The number of fused-ring (bicyclic) bond motifs is 1. The lowest BCUT2D eigenvalue weighted by Crippen LogP contribution is -2.48. The standard InChI is InChI=1S/C25H29N3O2S/c1-16-12-17(2)14-20(13-16)28-24(30)21-10-5-6-11-22(21)26-25(28)31-15-23(29)27-18(3)8-7-9-19(27)4/h5-6,10-14,18-19H,7-9,15H2,1-4H3. The van der Waals surface area contributed by atoms with Crippen molar-refractivity contribution in [1.82, 2.24) is 14.5 Å². The number of nitrogens with zero attached hydrogens (tertiary/aromatic N) is 3. The molecule has 1 fully saturated rings. The molecule has 0 radical (unpaired) electrons. The second-order valence-electron chi connectivity index (χ2n) is 8.62. The Labute approximate surface area is 187 Å². The molecule has 0 bridgehead atoms. The highest BCUT2D eigenvalue weighted by Crippen LogP contribution is 2.26. The van der Waals surface area contributed by atoms with Gasteiger partial charge in [0, 0.05) is 12.1 Å². The van der Waals surface area contributed by atoms with Gasteiger partial charge >= 0.3 is 0 Å². The molecule has 2 atom stereocenters. The Hall–Kier alpha value is -2.60. The summed E-state index contributed by atoms with van der Waals surface area (Å²) < 4.78 is 1.66. The third-order valence-electron chi connectivity index (χ3n) is 6.02. The van der Waals surface area contributed by atoms with Gasteiger partial charge in [0.05, 0.1) is 22.3 Å². The monoisotopic (exact) mass is 435 g/mol. The average Bonchev–Trinajstić information content (AvgIpc) is 2.71. The quantitative estimate of drug-likeness (QED) is 0.433. The van der Waals surface area contributed by atoms with E-state index in [1.807, 2.05) is 49.1 Å². The van der Waals surface area contributed by atoms with Crippen LogP contribution in [0.4, 0.5) is 0 Å². The third kappa shape index (κ3) is 4.40. The number of likely N-dealkylation sites (tertiary alicyclic amines) is 1. The second-order valence-corrected chi connectivity index (χ2v) is 9.56. The highest BCUT2D eigenvalue weighted by Gasteiger charge is 2.29. The highest BCUT2D eigenvalue weighted by molar-refractivity contribution is 7.99. The van der Waals surface area contributed by atoms with Crippen molar-refractivity contribution in [3.63, 3.8) is 0 Å². The van der Waals surface area contributed by atoms with E-state index in [0.29, 0.717) is 16.1 Å². The zero-order chi connectivity index (χ0) is 22.1. The smallest absolute Gasteiger partial charge is 0.266 e. The van der Waals surface area contributed by atoms with Crippen LogP contribution in [0.2, 0.25) is 0 Å². The van der Waals surface area contributed by atoms with E-state index in [-0.39, 0.29) is 29.3 Å². The van der Waals surface area contributed by atoms with Gasteiger partial charge in [0.15, 0.2) is 5.16 Å². The van der Waals surface area contributed by atoms with Gasteiger partial charge in [-0.25, -0.2) is 4.98 Å². The molecule has 0 aliphatic carbocycles. The Morgan fingerprint density at radius 1 is 1.06 bits per heavy atom. The van der Waals surface area contributed by atoms with Crippen LogP contribution < -0.4 is 5.56 Å². The van der Waals surface area contributed by atoms with Crippen LogP contribution in [-0.2, 0) is 4.79 Å². The number of hydrogen-bond acceptors (Lipinski definition) is 4. The molecule has 4 rings (SSSR count). The molecule has 5 nitrogen and oxygen atoms in total. The first-order valence-corrected chi connectivity index (χ1v) is 11.9. The molecule has 2 aromatic carbocycles. The van der Waals surface area contributed by atoms with Gasteiger partial charge in [0.25, 0.3) is 5.56 Å². The van der Waals surface area contributed by atoms with Crippen LogP contribution in [0.15, 0.2) is 52.4 Å². The van der Waals surface area contributed by atoms with Crippen LogP contribution in [0.1, 0.15) is 44.2 Å². The van der Waals surface area contributed by atoms with E-state index in [4.69, 9.17) is 4.98 Å². The Kier molecular flexibility index (Phi) is 6.19. The Balaban J connectivity index is 1.74. The van der Waals surface area contributed by atoms with Gasteiger partial charge in [0.1, 0.15) is 0 Å². The topological polar surface area (TPSA) is 55.2 Å². The average molecular weight is 436 g/mol. The minimum absolute atomic E-state index is 0.106. The number of aryl methyl sites for hydroxylation is 2. The summed E-state index contributed by atoms with van der Waals surface area (Å²) in [5.74, 6) is 0.378. The number of carbonyl (C=O) groups is 1. The summed E-state index contributed by atoms with van der Waals surface area (Å²) in [4.78, 5) is 33.3. The lowest BCUT2D eigenvalue weighted by atomic mass is 9.98. The van der Waals surface area contributed by atoms with Crippen molar-refractivity contribution in [3.05, 3.63) is 63.9 Å². The van der Waals surface area contributed by atoms with Gasteiger partial charge in [-0.3, -0.25) is 14.2 Å². The summed E-state index contributed by atoms with van der Waals surface area (Å²) >= 11 is 1.35. The molecular formula is C25H29N3O2S. The van der Waals surface area contributed by atoms with Gasteiger partial charge in [-0.2, -0.15) is 0 Å². The van der Waals surface area contributed by atoms with Crippen LogP contribution in [0.3, 0.4) is 0 Å². The summed E-state index contributed by atoms with van der Waals surface area (Å²) in [6.45, 7) is 8.28. The maximum absolute atomic E-state index is 13.4. The van der Waals surface area contributed by atoms with E-state index in [2.05, 4.69) is 19.9 Å². The minimum atomic E-state index is -0.106. The minimum Gasteiger partial charge on any atom is -0.337 e. The second kappa shape index (κ2) is 8.87. The predicted octanol–water partition coefficient (Wildman–Crippen LogP) is 4.88. The number of piperidine rings is 1. The fourth-order valence-electron chi connectivity index (χ4n) is 4.63. The third-order valence-corrected chi connectivity index (χ3v) is 6.94. The predicted molar refractivity (Wildman–Crippen MR) is 127 cm³/mol. The lowest BCUT2D eigenvalue weighted by molar-refractivity contribution is -0.134. The summed E-state index contributed by atoms with van der Waals surface area (Å²) in [6.07, 6.45) is 3.25. The number of hydrogen-bond donors (Lipinski definition) is 0. The molecule has 3 aromatic rings. The Morgan fingerprint density at radius 2 is 1.71 bits per heavy atom. The molecule has 2 heterocycles. The molecule has 1 aromatic heterocycles. The highest BCUT2D eigenvalue weighted by atomic mass is 32.2. The first-order valence-electron chi connectivity index (χ1n) is 10.9. The molecule has 31 heavy (non-hydrogen) atoms. The van der Waals surface area contributed by atoms with Crippen molar-refractivity contribution < 1.29 is 4.79 Å². The van der Waals surface area contributed by atoms with Crippen LogP contribution >= 0.6 is 11.8 Å². The van der Waals surface area contributed by atoms with E-state index < -0.39 is 0 Å². The number of benzene rings is 2. The van der Waals surface area contributed by atoms with Gasteiger partial charge in [0.2, 0.25) is 5.91 Å². The fourth-order valence-corrected chi connectivity index (χ4v) is 5.51. The molecule has 1 aliphatic rings. The molecule has 0 N–H and O–H groups in total.